The van der Waals surface area contributed by atoms with Crippen LogP contribution < -0.4 is 40.2 Å². The van der Waals surface area contributed by atoms with Crippen LogP contribution in [0.5, 0.6) is 46.0 Å². The first-order valence-corrected chi connectivity index (χ1v) is 35.8. The lowest BCUT2D eigenvalue weighted by Gasteiger charge is -2.32. The molecule has 0 saturated heterocycles. The molecule has 0 fully saturated rings. The van der Waals surface area contributed by atoms with Gasteiger partial charge in [-0.25, -0.2) is 0 Å². The molecule has 11 aromatic rings. The highest BCUT2D eigenvalue weighted by molar-refractivity contribution is 6.45. The zero-order chi connectivity index (χ0) is 77.6. The molecule has 4 heterocycles. The van der Waals surface area contributed by atoms with Crippen molar-refractivity contribution in [2.45, 2.75) is 79.1 Å². The molecule has 0 unspecified atom stereocenters. The van der Waals surface area contributed by atoms with Gasteiger partial charge in [0.1, 0.15) is 59.1 Å². The van der Waals surface area contributed by atoms with Crippen molar-refractivity contribution in [3.63, 3.8) is 0 Å². The van der Waals surface area contributed by atoms with Gasteiger partial charge in [-0.3, -0.25) is 67.7 Å². The molecule has 2 aromatic heterocycles. The molecule has 0 bridgehead atoms. The average molecular weight is 1470 g/mol. The number of hydrogen-bond donors (Lipinski definition) is 4. The van der Waals surface area contributed by atoms with Crippen LogP contribution in [0.1, 0.15) is 117 Å². The molecular weight excluding hydrogens is 1390 g/mol. The van der Waals surface area contributed by atoms with Crippen molar-refractivity contribution < 1.29 is 66.9 Å². The van der Waals surface area contributed by atoms with Gasteiger partial charge in [0.25, 0.3) is 23.6 Å². The minimum Gasteiger partial charge on any atom is -0.457 e. The number of imide groups is 2. The van der Waals surface area contributed by atoms with Crippen molar-refractivity contribution >= 4 is 113 Å². The lowest BCUT2D eigenvalue weighted by atomic mass is 9.80. The molecule has 0 atom stereocenters. The first-order valence-electron chi connectivity index (χ1n) is 35.8. The van der Waals surface area contributed by atoms with Crippen LogP contribution in [0.25, 0.3) is 43.1 Å². The Kier molecular flexibility index (Phi) is 21.8. The number of fused-ring (bicyclic) bond motifs is 2. The average Bonchev–Trinajstić information content (AvgIpc) is 0.672. The predicted molar refractivity (Wildman–Crippen MR) is 419 cm³/mol. The molecule has 0 spiro atoms. The molecule has 22 heteroatoms. The van der Waals surface area contributed by atoms with E-state index in [1.165, 1.54) is 49.1 Å². The number of carbonyl (C=O) groups excluding carboxylic acids is 10. The van der Waals surface area contributed by atoms with E-state index >= 15 is 19.2 Å². The number of aromatic nitrogens is 2. The maximum atomic E-state index is 15.9. The number of pyridine rings is 2. The Bertz CT molecular complexity index is 5010. The second-order valence-corrected chi connectivity index (χ2v) is 27.3. The monoisotopic (exact) mass is 1470 g/mol. The summed E-state index contributed by atoms with van der Waals surface area (Å²) >= 11 is 0. The Balaban J connectivity index is 1.10. The van der Waals surface area contributed by atoms with Crippen molar-refractivity contribution in [1.82, 2.24) is 30.4 Å². The van der Waals surface area contributed by atoms with Gasteiger partial charge in [0, 0.05) is 116 Å². The zero-order valence-corrected chi connectivity index (χ0v) is 61.0. The second-order valence-electron chi connectivity index (χ2n) is 27.3. The molecule has 552 valence electrons. The number of anilines is 2. The van der Waals surface area contributed by atoms with Gasteiger partial charge in [0.05, 0.1) is 22.3 Å². The molecule has 0 radical (unpaired) electrons. The van der Waals surface area contributed by atoms with Gasteiger partial charge in [0.2, 0.25) is 23.6 Å². The smallest absolute Gasteiger partial charge is 0.262 e. The van der Waals surface area contributed by atoms with Crippen molar-refractivity contribution in [1.29, 1.82) is 0 Å². The third-order valence-corrected chi connectivity index (χ3v) is 19.1. The van der Waals surface area contributed by atoms with Crippen molar-refractivity contribution in [2.24, 2.45) is 0 Å². The summed E-state index contributed by atoms with van der Waals surface area (Å²) in [5.74, 6) is -4.75. The molecular formula is C88H76N8O14. The molecule has 2 aliphatic rings. The first kappa shape index (κ1) is 74.5. The number of ketones is 2. The maximum absolute atomic E-state index is 15.9. The Morgan fingerprint density at radius 2 is 0.627 bits per heavy atom. The minimum atomic E-state index is -0.882. The Morgan fingerprint density at radius 3 is 0.891 bits per heavy atom. The van der Waals surface area contributed by atoms with E-state index in [-0.39, 0.29) is 161 Å². The molecule has 0 aliphatic carbocycles. The number of rotatable bonds is 32. The van der Waals surface area contributed by atoms with Crippen LogP contribution in [0.2, 0.25) is 0 Å². The van der Waals surface area contributed by atoms with Gasteiger partial charge in [-0.1, -0.05) is 74.8 Å². The summed E-state index contributed by atoms with van der Waals surface area (Å²) in [6, 6.07) is 40.5. The van der Waals surface area contributed by atoms with E-state index in [0.29, 0.717) is 72.2 Å². The summed E-state index contributed by atoms with van der Waals surface area (Å²) in [6.07, 6.45) is 9.41. The van der Waals surface area contributed by atoms with E-state index in [4.69, 9.17) is 18.9 Å². The summed E-state index contributed by atoms with van der Waals surface area (Å²) < 4.78 is 28.8. The highest BCUT2D eigenvalue weighted by Crippen LogP contribution is 2.58. The largest absolute Gasteiger partial charge is 0.457 e. The van der Waals surface area contributed by atoms with Gasteiger partial charge in [-0.05, 0) is 197 Å². The van der Waals surface area contributed by atoms with E-state index in [1.54, 1.807) is 100 Å². The fourth-order valence-electron chi connectivity index (χ4n) is 13.5. The van der Waals surface area contributed by atoms with Gasteiger partial charge >= 0.3 is 0 Å². The summed E-state index contributed by atoms with van der Waals surface area (Å²) in [7, 11) is 0. The summed E-state index contributed by atoms with van der Waals surface area (Å²) in [4.78, 5) is 152. The van der Waals surface area contributed by atoms with E-state index < -0.39 is 48.5 Å². The maximum Gasteiger partial charge on any atom is 0.262 e. The van der Waals surface area contributed by atoms with Crippen LogP contribution in [0.3, 0.4) is 0 Å². The number of benzene rings is 9. The SMILES string of the molecule is C=C(C)C(=O)CCCc1ccc(Oc2cc3c4c(cc(Oc5ccc(CCCC(=O)C(=C)C)cc5)c5c6c(Oc7ccc(CCNC(=O)C(=C)C)cc7)cc7c8c(cc(Oc9ccc(CCNC(=O)C(=C)C)cc9)c(c2c45)c86)C(=O)N(CC(=O)Nc2ccncc2)C7=O)C(=O)N(CC(=O)Nc2ccncc2)C3=O)cc1. The second kappa shape index (κ2) is 32.1. The minimum absolute atomic E-state index is 0.0150. The van der Waals surface area contributed by atoms with Crippen LogP contribution in [0.15, 0.2) is 219 Å². The number of allylic oxidation sites excluding steroid dienone is 2. The molecule has 0 saturated carbocycles. The number of amides is 8. The number of nitrogens with zero attached hydrogens (tertiary/aromatic N) is 4. The van der Waals surface area contributed by atoms with E-state index in [1.807, 2.05) is 48.5 Å². The lowest BCUT2D eigenvalue weighted by Crippen LogP contribution is -2.45. The molecule has 110 heavy (non-hydrogen) atoms. The third kappa shape index (κ3) is 16.0. The normalized spacial score (nSPS) is 12.3. The molecule has 2 aliphatic heterocycles. The van der Waals surface area contributed by atoms with Crippen LogP contribution in [0, 0.1) is 0 Å². The van der Waals surface area contributed by atoms with E-state index in [9.17, 15) is 28.8 Å². The van der Waals surface area contributed by atoms with Crippen LogP contribution in [-0.2, 0) is 54.5 Å². The third-order valence-electron chi connectivity index (χ3n) is 19.1. The highest BCUT2D eigenvalue weighted by atomic mass is 16.5. The lowest BCUT2D eigenvalue weighted by molar-refractivity contribution is -0.118. The number of carbonyl (C=O) groups is 10. The Morgan fingerprint density at radius 1 is 0.355 bits per heavy atom. The van der Waals surface area contributed by atoms with Gasteiger partial charge in [-0.2, -0.15) is 0 Å². The van der Waals surface area contributed by atoms with Crippen molar-refractivity contribution in [3.05, 3.63) is 263 Å². The molecule has 8 amide bonds. The topological polar surface area (TPSA) is 288 Å². The number of hydrogen-bond acceptors (Lipinski definition) is 16. The molecule has 22 nitrogen and oxygen atoms in total. The fraction of sp³-hybridized carbons (Fsp3) is 0.182. The predicted octanol–water partition coefficient (Wildman–Crippen LogP) is 15.6. The molecule has 4 N–H and O–H groups in total. The van der Waals surface area contributed by atoms with Crippen LogP contribution in [0.4, 0.5) is 11.4 Å². The van der Waals surface area contributed by atoms with E-state index in [0.717, 1.165) is 32.1 Å². The zero-order valence-electron chi connectivity index (χ0n) is 61.0. The summed E-state index contributed by atoms with van der Waals surface area (Å²) in [5, 5.41) is 12.5. The summed E-state index contributed by atoms with van der Waals surface area (Å²) in [5.41, 5.74) is 5.33. The number of Topliss-reactive ketones (excluding diaryl/α,β-unsaturated/α-hetero) is 2. The molecule has 13 rings (SSSR count). The quantitative estimate of drug-likeness (QED) is 0.0132. The van der Waals surface area contributed by atoms with Crippen molar-refractivity contribution in [3.8, 4) is 46.0 Å². The molecule has 9 aromatic carbocycles. The van der Waals surface area contributed by atoms with Crippen molar-refractivity contribution in [2.75, 3.05) is 36.8 Å². The van der Waals surface area contributed by atoms with Crippen LogP contribution >= 0.6 is 0 Å². The standard InChI is InChI=1S/C88H76N8O14/c1-49(2)67(97)13-9-11-53-15-23-59(24-16-53)107-69-43-63-75-64(86(104)95(85(63)103)47-73(99)93-57-33-37-89-38-34-57)44-70(108-60-25-17-54(18-26-60)12-10-14-68(98)50(3)4)78-80-72(110-62-29-21-56(22-30-62)32-42-92-84(102)52(7)8)46-66-76-65(87(105)96(88(66)106)48-74(100)94-58-35-39-90-40-36-58)45-71(79(82(76)80)77(69)81(75)78)109-61-27-19-55(20-28-61)31-41-91-83(101)51(5)6/h15-30,33-40,43-46H,1,3,5,7,9-14,31-32,41-42,47-48H2,2,4,6,8H3,(H,91,101)(H,92,102)(H,89,93,99)(H,90,94,100). The van der Waals surface area contributed by atoms with Crippen LogP contribution in [-0.4, -0.2) is 105 Å². The Labute approximate surface area is 632 Å². The van der Waals surface area contributed by atoms with E-state index in [2.05, 4.69) is 57.6 Å². The summed E-state index contributed by atoms with van der Waals surface area (Å²) in [6.45, 7) is 20.7. The van der Waals surface area contributed by atoms with Gasteiger partial charge in [0.15, 0.2) is 11.6 Å². The van der Waals surface area contributed by atoms with Gasteiger partial charge in [-0.15, -0.1) is 0 Å². The Hall–Kier alpha value is -13.8. The number of ether oxygens (including phenoxy) is 4. The first-order chi connectivity index (χ1) is 53.0. The van der Waals surface area contributed by atoms with Gasteiger partial charge < -0.3 is 40.2 Å². The number of aryl methyl sites for hydroxylation is 2. The highest BCUT2D eigenvalue weighted by Gasteiger charge is 2.42. The fourth-order valence-corrected chi connectivity index (χ4v) is 13.5. The number of nitrogens with one attached hydrogen (secondary N) is 4.